The molecule has 0 radical (unpaired) electrons. The third kappa shape index (κ3) is 3.25. The van der Waals surface area contributed by atoms with Crippen LogP contribution in [0.4, 0.5) is 0 Å². The van der Waals surface area contributed by atoms with Gasteiger partial charge in [0.05, 0.1) is 32.8 Å². The van der Waals surface area contributed by atoms with Gasteiger partial charge in [0.15, 0.2) is 0 Å². The van der Waals surface area contributed by atoms with Gasteiger partial charge in [0, 0.05) is 17.8 Å². The summed E-state index contributed by atoms with van der Waals surface area (Å²) in [5.41, 5.74) is 1.32. The Bertz CT molecular complexity index is 530. The number of carbonyl (C=O) groups is 1. The molecule has 0 spiro atoms. The molecule has 0 aliphatic carbocycles. The van der Waals surface area contributed by atoms with Crippen molar-refractivity contribution in [1.29, 1.82) is 0 Å². The normalized spacial score (nSPS) is 10.0. The Morgan fingerprint density at radius 3 is 2.47 bits per heavy atom. The maximum Gasteiger partial charge on any atom is 0.251 e. The zero-order chi connectivity index (χ0) is 13.7. The molecule has 2 rings (SSSR count). The lowest BCUT2D eigenvalue weighted by molar-refractivity contribution is 0.0949. The van der Waals surface area contributed by atoms with Crippen molar-refractivity contribution in [3.63, 3.8) is 0 Å². The molecule has 1 aromatic heterocycles. The van der Waals surface area contributed by atoms with Crippen molar-refractivity contribution in [2.24, 2.45) is 0 Å². The molecule has 1 aromatic carbocycles. The monoisotopic (exact) mass is 261 g/mol. The van der Waals surface area contributed by atoms with Gasteiger partial charge in [-0.15, -0.1) is 0 Å². The lowest BCUT2D eigenvalue weighted by Gasteiger charge is -2.08. The highest BCUT2D eigenvalue weighted by atomic mass is 16.5. The summed E-state index contributed by atoms with van der Waals surface area (Å²) >= 11 is 0. The zero-order valence-electron chi connectivity index (χ0n) is 10.8. The van der Waals surface area contributed by atoms with Crippen LogP contribution in [0, 0.1) is 0 Å². The summed E-state index contributed by atoms with van der Waals surface area (Å²) in [5, 5.41) is 2.78. The van der Waals surface area contributed by atoms with E-state index in [1.54, 1.807) is 44.9 Å². The van der Waals surface area contributed by atoms with Crippen molar-refractivity contribution in [2.75, 3.05) is 14.2 Å². The largest absolute Gasteiger partial charge is 0.497 e. The molecule has 0 saturated carbocycles. The van der Waals surface area contributed by atoms with E-state index in [2.05, 4.69) is 15.3 Å². The second kappa shape index (κ2) is 5.90. The van der Waals surface area contributed by atoms with Crippen LogP contribution >= 0.6 is 0 Å². The first-order valence-corrected chi connectivity index (χ1v) is 5.71. The first-order chi connectivity index (χ1) is 9.22. The minimum atomic E-state index is -0.202. The molecule has 0 fully saturated rings. The van der Waals surface area contributed by atoms with Crippen LogP contribution in [-0.4, -0.2) is 30.1 Å². The molecule has 2 aromatic rings. The van der Waals surface area contributed by atoms with Crippen LogP contribution in [0.3, 0.4) is 0 Å². The van der Waals surface area contributed by atoms with Gasteiger partial charge in [0.1, 0.15) is 11.5 Å². The number of aromatic amines is 1. The van der Waals surface area contributed by atoms with Gasteiger partial charge in [-0.25, -0.2) is 4.98 Å². The minimum absolute atomic E-state index is 0.202. The number of aromatic nitrogens is 2. The molecule has 0 atom stereocenters. The Hall–Kier alpha value is -2.50. The van der Waals surface area contributed by atoms with Crippen LogP contribution in [0.1, 0.15) is 16.1 Å². The van der Waals surface area contributed by atoms with Gasteiger partial charge in [-0.1, -0.05) is 0 Å². The minimum Gasteiger partial charge on any atom is -0.497 e. The van der Waals surface area contributed by atoms with Crippen LogP contribution in [0.15, 0.2) is 30.7 Å². The second-order valence-corrected chi connectivity index (χ2v) is 3.86. The fourth-order valence-electron chi connectivity index (χ4n) is 1.60. The quantitative estimate of drug-likeness (QED) is 0.852. The van der Waals surface area contributed by atoms with Gasteiger partial charge < -0.3 is 19.8 Å². The first-order valence-electron chi connectivity index (χ1n) is 5.71. The fourth-order valence-corrected chi connectivity index (χ4v) is 1.60. The molecule has 2 N–H and O–H groups in total. The molecule has 0 saturated heterocycles. The van der Waals surface area contributed by atoms with Crippen molar-refractivity contribution in [1.82, 2.24) is 15.3 Å². The van der Waals surface area contributed by atoms with E-state index in [0.29, 0.717) is 23.6 Å². The van der Waals surface area contributed by atoms with Gasteiger partial charge in [0.25, 0.3) is 5.91 Å². The van der Waals surface area contributed by atoms with Gasteiger partial charge in [-0.2, -0.15) is 0 Å². The van der Waals surface area contributed by atoms with Crippen LogP contribution in [0.25, 0.3) is 0 Å². The fraction of sp³-hybridized carbons (Fsp3) is 0.231. The van der Waals surface area contributed by atoms with Gasteiger partial charge in [-0.3, -0.25) is 4.79 Å². The number of hydrogen-bond donors (Lipinski definition) is 2. The Morgan fingerprint density at radius 2 is 1.95 bits per heavy atom. The van der Waals surface area contributed by atoms with Crippen LogP contribution in [0.2, 0.25) is 0 Å². The summed E-state index contributed by atoms with van der Waals surface area (Å²) < 4.78 is 10.2. The number of methoxy groups -OCH3 is 2. The average molecular weight is 261 g/mol. The predicted molar refractivity (Wildman–Crippen MR) is 69.3 cm³/mol. The number of rotatable bonds is 5. The van der Waals surface area contributed by atoms with Crippen molar-refractivity contribution in [3.05, 3.63) is 42.0 Å². The average Bonchev–Trinajstić information content (AvgIpc) is 2.97. The standard InChI is InChI=1S/C13H15N3O3/c1-18-11-3-9(4-12(5-11)19-2)13(17)15-7-10-6-14-8-16-10/h3-6,8H,7H2,1-2H3,(H,14,16)(H,15,17). The lowest BCUT2D eigenvalue weighted by Crippen LogP contribution is -2.23. The second-order valence-electron chi connectivity index (χ2n) is 3.86. The zero-order valence-corrected chi connectivity index (χ0v) is 10.8. The Morgan fingerprint density at radius 1 is 1.26 bits per heavy atom. The summed E-state index contributed by atoms with van der Waals surface area (Å²) in [6.07, 6.45) is 3.22. The number of nitrogens with zero attached hydrogens (tertiary/aromatic N) is 1. The van der Waals surface area contributed by atoms with Gasteiger partial charge in [-0.05, 0) is 12.1 Å². The molecule has 0 aliphatic rings. The van der Waals surface area contributed by atoms with Crippen LogP contribution < -0.4 is 14.8 Å². The third-order valence-electron chi connectivity index (χ3n) is 2.61. The summed E-state index contributed by atoms with van der Waals surface area (Å²) in [4.78, 5) is 18.8. The number of amides is 1. The van der Waals surface area contributed by atoms with Gasteiger partial charge >= 0.3 is 0 Å². The van der Waals surface area contributed by atoms with Crippen LogP contribution in [0.5, 0.6) is 11.5 Å². The molecule has 1 heterocycles. The smallest absolute Gasteiger partial charge is 0.251 e. The summed E-state index contributed by atoms with van der Waals surface area (Å²) in [6, 6.07) is 5.03. The molecule has 0 bridgehead atoms. The molecule has 6 heteroatoms. The van der Waals surface area contributed by atoms with E-state index < -0.39 is 0 Å². The van der Waals surface area contributed by atoms with E-state index in [0.717, 1.165) is 5.69 Å². The van der Waals surface area contributed by atoms with E-state index in [1.165, 1.54) is 0 Å². The molecule has 19 heavy (non-hydrogen) atoms. The Kier molecular flexibility index (Phi) is 4.02. The van der Waals surface area contributed by atoms with Crippen molar-refractivity contribution in [2.45, 2.75) is 6.54 Å². The molecule has 0 unspecified atom stereocenters. The van der Waals surface area contributed by atoms with E-state index in [-0.39, 0.29) is 5.91 Å². The first kappa shape index (κ1) is 12.9. The number of hydrogen-bond acceptors (Lipinski definition) is 4. The highest BCUT2D eigenvalue weighted by molar-refractivity contribution is 5.95. The third-order valence-corrected chi connectivity index (χ3v) is 2.61. The summed E-state index contributed by atoms with van der Waals surface area (Å²) in [5.74, 6) is 0.948. The predicted octanol–water partition coefficient (Wildman–Crippen LogP) is 1.36. The molecular weight excluding hydrogens is 246 g/mol. The van der Waals surface area contributed by atoms with E-state index in [1.807, 2.05) is 0 Å². The van der Waals surface area contributed by atoms with E-state index in [9.17, 15) is 4.79 Å². The molecular formula is C13H15N3O3. The summed E-state index contributed by atoms with van der Waals surface area (Å²) in [6.45, 7) is 0.387. The SMILES string of the molecule is COc1cc(OC)cc(C(=O)NCc2cnc[nH]2)c1. The van der Waals surface area contributed by atoms with E-state index in [4.69, 9.17) is 9.47 Å². The number of H-pyrrole nitrogens is 1. The van der Waals surface area contributed by atoms with Crippen molar-refractivity contribution >= 4 is 5.91 Å². The maximum atomic E-state index is 12.0. The Balaban J connectivity index is 2.09. The number of nitrogens with one attached hydrogen (secondary N) is 2. The summed E-state index contributed by atoms with van der Waals surface area (Å²) in [7, 11) is 3.09. The maximum absolute atomic E-state index is 12.0. The highest BCUT2D eigenvalue weighted by Crippen LogP contribution is 2.22. The van der Waals surface area contributed by atoms with Crippen molar-refractivity contribution < 1.29 is 14.3 Å². The molecule has 1 amide bonds. The number of imidazole rings is 1. The molecule has 0 aliphatic heterocycles. The highest BCUT2D eigenvalue weighted by Gasteiger charge is 2.09. The van der Waals surface area contributed by atoms with Gasteiger partial charge in [0.2, 0.25) is 0 Å². The lowest BCUT2D eigenvalue weighted by atomic mass is 10.2. The number of carbonyl (C=O) groups excluding carboxylic acids is 1. The number of ether oxygens (including phenoxy) is 2. The van der Waals surface area contributed by atoms with Crippen molar-refractivity contribution in [3.8, 4) is 11.5 Å². The topological polar surface area (TPSA) is 76.2 Å². The number of benzene rings is 1. The molecule has 6 nitrogen and oxygen atoms in total. The Labute approximate surface area is 110 Å². The molecule has 100 valence electrons. The van der Waals surface area contributed by atoms with E-state index >= 15 is 0 Å². The van der Waals surface area contributed by atoms with Crippen LogP contribution in [-0.2, 0) is 6.54 Å².